The zero-order chi connectivity index (χ0) is 29.2. The van der Waals surface area contributed by atoms with Crippen LogP contribution in [0, 0.1) is 5.92 Å². The Bertz CT molecular complexity index is 1330. The zero-order valence-corrected chi connectivity index (χ0v) is 23.7. The Morgan fingerprint density at radius 2 is 1.59 bits per heavy atom. The van der Waals surface area contributed by atoms with Crippen molar-refractivity contribution in [2.45, 2.75) is 50.9 Å². The molecule has 0 saturated carbocycles. The summed E-state index contributed by atoms with van der Waals surface area (Å²) < 4.78 is 6.44. The van der Waals surface area contributed by atoms with E-state index in [9.17, 15) is 14.4 Å². The molecule has 2 bridgehead atoms. The average molecular weight is 555 g/mol. The van der Waals surface area contributed by atoms with Crippen LogP contribution >= 0.6 is 0 Å². The minimum atomic E-state index is -1.14. The molecule has 0 unspecified atom stereocenters. The van der Waals surface area contributed by atoms with Gasteiger partial charge in [-0.3, -0.25) is 14.4 Å². The van der Waals surface area contributed by atoms with Crippen LogP contribution in [0.1, 0.15) is 43.1 Å². The summed E-state index contributed by atoms with van der Waals surface area (Å²) in [6.07, 6.45) is 3.57. The summed E-state index contributed by atoms with van der Waals surface area (Å²) in [5.41, 5.74) is 2.56. The van der Waals surface area contributed by atoms with E-state index >= 15 is 0 Å². The van der Waals surface area contributed by atoms with Gasteiger partial charge in [0.1, 0.15) is 17.8 Å². The standard InChI is InChI=1S/C33H38N4O4/c1-4-22(2)28-32(39)35-20-19-23-15-17-26(18-16-23)41-30(25-13-9-6-10-14-25)29(33(40)36-28)37-31(38)27(34-3)21-24-11-7-5-8-12-24/h5-20,22,27-30,34H,4,21H2,1-3H3,(H,35,39)(H,36,40)(H,37,38)/b20-19-/t22-,27-,28+,29+,30+/m0/s1. The number of hydrogen-bond acceptors (Lipinski definition) is 5. The zero-order valence-electron chi connectivity index (χ0n) is 23.7. The molecule has 4 N–H and O–H groups in total. The Labute approximate surface area is 241 Å². The van der Waals surface area contributed by atoms with Gasteiger partial charge in [-0.25, -0.2) is 0 Å². The topological polar surface area (TPSA) is 109 Å². The summed E-state index contributed by atoms with van der Waals surface area (Å²) >= 11 is 0. The van der Waals surface area contributed by atoms with E-state index in [4.69, 9.17) is 4.74 Å². The molecule has 0 radical (unpaired) electrons. The van der Waals surface area contributed by atoms with Crippen molar-refractivity contribution >= 4 is 23.8 Å². The lowest BCUT2D eigenvalue weighted by Gasteiger charge is -2.32. The van der Waals surface area contributed by atoms with Gasteiger partial charge >= 0.3 is 0 Å². The highest BCUT2D eigenvalue weighted by Gasteiger charge is 2.37. The maximum atomic E-state index is 14.1. The van der Waals surface area contributed by atoms with Gasteiger partial charge in [0.15, 0.2) is 6.10 Å². The van der Waals surface area contributed by atoms with Crippen molar-refractivity contribution in [3.8, 4) is 5.75 Å². The Kier molecular flexibility index (Phi) is 10.3. The van der Waals surface area contributed by atoms with Crippen LogP contribution in [0.25, 0.3) is 6.08 Å². The molecule has 2 aliphatic rings. The molecule has 5 rings (SSSR count). The van der Waals surface area contributed by atoms with Crippen molar-refractivity contribution in [2.75, 3.05) is 7.05 Å². The Balaban J connectivity index is 1.75. The first-order chi connectivity index (χ1) is 19.9. The number of amides is 3. The van der Waals surface area contributed by atoms with E-state index in [1.807, 2.05) is 86.6 Å². The fraction of sp³-hybridized carbons (Fsp3) is 0.303. The first-order valence-corrected chi connectivity index (χ1v) is 14.0. The minimum Gasteiger partial charge on any atom is -0.483 e. The molecule has 0 spiro atoms. The molecule has 0 aromatic heterocycles. The summed E-state index contributed by atoms with van der Waals surface area (Å²) in [5.74, 6) is -0.826. The summed E-state index contributed by atoms with van der Waals surface area (Å²) in [5, 5.41) is 11.8. The molecule has 214 valence electrons. The lowest BCUT2D eigenvalue weighted by molar-refractivity contribution is -0.135. The van der Waals surface area contributed by atoms with Crippen LogP contribution in [0.3, 0.4) is 0 Å². The van der Waals surface area contributed by atoms with Crippen molar-refractivity contribution in [1.29, 1.82) is 0 Å². The quantitative estimate of drug-likeness (QED) is 0.339. The molecule has 3 aromatic rings. The van der Waals surface area contributed by atoms with Gasteiger partial charge in [-0.2, -0.15) is 0 Å². The first-order valence-electron chi connectivity index (χ1n) is 14.0. The number of ether oxygens (including phenoxy) is 1. The van der Waals surface area contributed by atoms with Gasteiger partial charge < -0.3 is 26.0 Å². The maximum absolute atomic E-state index is 14.1. The van der Waals surface area contributed by atoms with Crippen LogP contribution in [0.2, 0.25) is 0 Å². The van der Waals surface area contributed by atoms with E-state index in [0.717, 1.165) is 11.1 Å². The number of rotatable bonds is 8. The van der Waals surface area contributed by atoms with Gasteiger partial charge in [0.2, 0.25) is 17.7 Å². The molecule has 3 amide bonds. The largest absolute Gasteiger partial charge is 0.483 e. The van der Waals surface area contributed by atoms with E-state index in [0.29, 0.717) is 24.2 Å². The van der Waals surface area contributed by atoms with Crippen LogP contribution in [0.4, 0.5) is 0 Å². The third-order valence-corrected chi connectivity index (χ3v) is 7.40. The fourth-order valence-electron chi connectivity index (χ4n) is 4.74. The van der Waals surface area contributed by atoms with Crippen LogP contribution in [0.15, 0.2) is 91.1 Å². The first kappa shape index (κ1) is 29.6. The highest BCUT2D eigenvalue weighted by molar-refractivity contribution is 5.94. The van der Waals surface area contributed by atoms with E-state index in [-0.39, 0.29) is 17.7 Å². The molecule has 2 aliphatic heterocycles. The van der Waals surface area contributed by atoms with E-state index < -0.39 is 30.1 Å². The minimum absolute atomic E-state index is 0.158. The SMILES string of the molecule is CC[C@H](C)[C@H]1NC(=O)[C@H](NC(=O)[C@H](Cc2ccccc2)NC)[C@@H](c2ccccc2)Oc2ccc(cc2)/C=C\NC1=O. The highest BCUT2D eigenvalue weighted by atomic mass is 16.5. The Hall–Kier alpha value is -4.43. The summed E-state index contributed by atoms with van der Waals surface area (Å²) in [6.45, 7) is 3.87. The predicted molar refractivity (Wildman–Crippen MR) is 160 cm³/mol. The van der Waals surface area contributed by atoms with Gasteiger partial charge in [0.25, 0.3) is 0 Å². The van der Waals surface area contributed by atoms with Gasteiger partial charge in [0.05, 0.1) is 6.04 Å². The number of nitrogens with one attached hydrogen (secondary N) is 4. The normalized spacial score (nSPS) is 21.4. The van der Waals surface area contributed by atoms with E-state index in [1.54, 1.807) is 31.5 Å². The van der Waals surface area contributed by atoms with Crippen molar-refractivity contribution in [2.24, 2.45) is 5.92 Å². The fourth-order valence-corrected chi connectivity index (χ4v) is 4.74. The predicted octanol–water partition coefficient (Wildman–Crippen LogP) is 3.75. The van der Waals surface area contributed by atoms with Crippen molar-refractivity contribution in [1.82, 2.24) is 21.3 Å². The van der Waals surface area contributed by atoms with E-state index in [2.05, 4.69) is 21.3 Å². The number of benzene rings is 3. The van der Waals surface area contributed by atoms with Gasteiger partial charge in [0, 0.05) is 6.20 Å². The highest BCUT2D eigenvalue weighted by Crippen LogP contribution is 2.27. The van der Waals surface area contributed by atoms with E-state index in [1.165, 1.54) is 0 Å². The number of carbonyl (C=O) groups is 3. The Morgan fingerprint density at radius 3 is 2.22 bits per heavy atom. The number of fused-ring (bicyclic) bond motifs is 10. The average Bonchev–Trinajstić information content (AvgIpc) is 3.01. The molecule has 5 atom stereocenters. The summed E-state index contributed by atoms with van der Waals surface area (Å²) in [6, 6.07) is 23.7. The van der Waals surface area contributed by atoms with Crippen LogP contribution in [0.5, 0.6) is 5.75 Å². The summed E-state index contributed by atoms with van der Waals surface area (Å²) in [7, 11) is 1.71. The second-order valence-electron chi connectivity index (χ2n) is 10.2. The maximum Gasteiger partial charge on any atom is 0.247 e. The Morgan fingerprint density at radius 1 is 0.927 bits per heavy atom. The lowest BCUT2D eigenvalue weighted by atomic mass is 9.95. The summed E-state index contributed by atoms with van der Waals surface area (Å²) in [4.78, 5) is 41.0. The molecule has 8 heteroatoms. The smallest absolute Gasteiger partial charge is 0.247 e. The molecule has 0 fully saturated rings. The number of likely N-dealkylation sites (N-methyl/N-ethyl adjacent to an activating group) is 1. The molecular weight excluding hydrogens is 516 g/mol. The van der Waals surface area contributed by atoms with Crippen LogP contribution in [-0.4, -0.2) is 42.9 Å². The monoisotopic (exact) mass is 554 g/mol. The molecule has 8 nitrogen and oxygen atoms in total. The third-order valence-electron chi connectivity index (χ3n) is 7.40. The number of hydrogen-bond donors (Lipinski definition) is 4. The van der Waals surface area contributed by atoms with Gasteiger partial charge in [-0.1, -0.05) is 93.1 Å². The second kappa shape index (κ2) is 14.3. The molecule has 3 aromatic carbocycles. The van der Waals surface area contributed by atoms with Crippen molar-refractivity contribution in [3.05, 3.63) is 108 Å². The van der Waals surface area contributed by atoms with Gasteiger partial charge in [-0.15, -0.1) is 0 Å². The van der Waals surface area contributed by atoms with Crippen LogP contribution in [-0.2, 0) is 20.8 Å². The molecular formula is C33H38N4O4. The van der Waals surface area contributed by atoms with Gasteiger partial charge in [-0.05, 0) is 54.3 Å². The second-order valence-corrected chi connectivity index (χ2v) is 10.2. The van der Waals surface area contributed by atoms with Crippen LogP contribution < -0.4 is 26.0 Å². The van der Waals surface area contributed by atoms with Crippen molar-refractivity contribution < 1.29 is 19.1 Å². The van der Waals surface area contributed by atoms with Crippen molar-refractivity contribution in [3.63, 3.8) is 0 Å². The molecule has 0 aliphatic carbocycles. The molecule has 41 heavy (non-hydrogen) atoms. The molecule has 0 saturated heterocycles. The molecule has 2 heterocycles. The third kappa shape index (κ3) is 7.83. The lowest BCUT2D eigenvalue weighted by Crippen LogP contribution is -2.59. The number of carbonyl (C=O) groups excluding carboxylic acids is 3.